The van der Waals surface area contributed by atoms with Crippen LogP contribution in [0.1, 0.15) is 30.1 Å². The maximum absolute atomic E-state index is 5.51. The molecule has 0 unspecified atom stereocenters. The third kappa shape index (κ3) is 2.16. The Kier molecular flexibility index (Phi) is 3.22. The summed E-state index contributed by atoms with van der Waals surface area (Å²) >= 11 is 0. The molecule has 78 valence electrons. The Morgan fingerprint density at radius 1 is 1.36 bits per heavy atom. The van der Waals surface area contributed by atoms with Crippen LogP contribution >= 0.6 is 0 Å². The molecule has 3 N–H and O–H groups in total. The van der Waals surface area contributed by atoms with Gasteiger partial charge in [0.15, 0.2) is 0 Å². The highest BCUT2D eigenvalue weighted by Gasteiger charge is 2.16. The molecule has 0 aromatic carbocycles. The minimum Gasteiger partial charge on any atom is -0.381 e. The van der Waals surface area contributed by atoms with E-state index in [9.17, 15) is 0 Å². The van der Waals surface area contributed by atoms with E-state index >= 15 is 0 Å². The minimum absolute atomic E-state index is 0.662. The first-order valence-corrected chi connectivity index (χ1v) is 5.36. The van der Waals surface area contributed by atoms with E-state index in [4.69, 9.17) is 10.5 Å². The van der Waals surface area contributed by atoms with Gasteiger partial charge in [-0.1, -0.05) is 0 Å². The van der Waals surface area contributed by atoms with Crippen LogP contribution in [-0.4, -0.2) is 24.7 Å². The Balaban J connectivity index is 2.00. The molecule has 1 fully saturated rings. The first-order chi connectivity index (χ1) is 6.90. The summed E-state index contributed by atoms with van der Waals surface area (Å²) in [6.07, 6.45) is 3.23. The lowest BCUT2D eigenvalue weighted by molar-refractivity contribution is 0.0846. The van der Waals surface area contributed by atoms with Gasteiger partial charge in [0.05, 0.1) is 0 Å². The zero-order valence-corrected chi connectivity index (χ0v) is 8.46. The molecular formula is C11H18N2O. The summed E-state index contributed by atoms with van der Waals surface area (Å²) in [5, 5.41) is 0. The molecule has 0 saturated carbocycles. The van der Waals surface area contributed by atoms with Crippen molar-refractivity contribution in [2.45, 2.75) is 25.2 Å². The summed E-state index contributed by atoms with van der Waals surface area (Å²) in [7, 11) is 0. The number of aromatic nitrogens is 1. The van der Waals surface area contributed by atoms with Gasteiger partial charge in [0.1, 0.15) is 0 Å². The summed E-state index contributed by atoms with van der Waals surface area (Å²) in [5.74, 6) is 0.662. The van der Waals surface area contributed by atoms with Crippen molar-refractivity contribution in [2.75, 3.05) is 19.8 Å². The van der Waals surface area contributed by atoms with Gasteiger partial charge in [0.2, 0.25) is 0 Å². The van der Waals surface area contributed by atoms with Gasteiger partial charge in [0, 0.05) is 30.5 Å². The predicted octanol–water partition coefficient (Wildman–Crippen LogP) is 1.41. The second kappa shape index (κ2) is 4.62. The zero-order valence-electron chi connectivity index (χ0n) is 8.46. The highest BCUT2D eigenvalue weighted by Crippen LogP contribution is 2.25. The van der Waals surface area contributed by atoms with E-state index < -0.39 is 0 Å². The van der Waals surface area contributed by atoms with Gasteiger partial charge >= 0.3 is 0 Å². The molecule has 1 aromatic heterocycles. The molecule has 0 radical (unpaired) electrons. The average molecular weight is 194 g/mol. The zero-order chi connectivity index (χ0) is 9.80. The van der Waals surface area contributed by atoms with Crippen molar-refractivity contribution < 1.29 is 4.74 Å². The lowest BCUT2D eigenvalue weighted by Crippen LogP contribution is -2.14. The number of hydrogen-bond donors (Lipinski definition) is 2. The standard InChI is InChI=1S/C11H18N2O/c12-6-3-10-1-2-11(13-10)9-4-7-14-8-5-9/h1-2,9,13H,3-8,12H2. The predicted molar refractivity (Wildman–Crippen MR) is 56.3 cm³/mol. The Morgan fingerprint density at radius 3 is 2.86 bits per heavy atom. The average Bonchev–Trinajstić information content (AvgIpc) is 2.68. The molecule has 2 rings (SSSR count). The van der Waals surface area contributed by atoms with E-state index in [2.05, 4.69) is 17.1 Å². The largest absolute Gasteiger partial charge is 0.381 e. The van der Waals surface area contributed by atoms with Crippen LogP contribution in [-0.2, 0) is 11.2 Å². The number of rotatable bonds is 3. The van der Waals surface area contributed by atoms with Crippen molar-refractivity contribution in [1.29, 1.82) is 0 Å². The Morgan fingerprint density at radius 2 is 2.14 bits per heavy atom. The SMILES string of the molecule is NCCc1ccc(C2CCOCC2)[nH]1. The number of nitrogens with two attached hydrogens (primary N) is 1. The van der Waals surface area contributed by atoms with Crippen LogP contribution in [0.25, 0.3) is 0 Å². The maximum atomic E-state index is 5.51. The van der Waals surface area contributed by atoms with Crippen molar-refractivity contribution in [3.05, 3.63) is 23.5 Å². The Labute approximate surface area is 84.6 Å². The molecule has 0 aliphatic carbocycles. The lowest BCUT2D eigenvalue weighted by Gasteiger charge is -2.20. The fourth-order valence-corrected chi connectivity index (χ4v) is 2.01. The highest BCUT2D eigenvalue weighted by molar-refractivity contribution is 5.17. The smallest absolute Gasteiger partial charge is 0.0472 e. The van der Waals surface area contributed by atoms with Crippen LogP contribution in [0.15, 0.2) is 12.1 Å². The van der Waals surface area contributed by atoms with Crippen molar-refractivity contribution >= 4 is 0 Å². The number of hydrogen-bond acceptors (Lipinski definition) is 2. The highest BCUT2D eigenvalue weighted by atomic mass is 16.5. The van der Waals surface area contributed by atoms with E-state index in [0.717, 1.165) is 32.5 Å². The number of nitrogens with one attached hydrogen (secondary N) is 1. The van der Waals surface area contributed by atoms with Crippen LogP contribution in [0.3, 0.4) is 0 Å². The van der Waals surface area contributed by atoms with Gasteiger partial charge in [-0.2, -0.15) is 0 Å². The fraction of sp³-hybridized carbons (Fsp3) is 0.636. The molecule has 1 saturated heterocycles. The molecule has 14 heavy (non-hydrogen) atoms. The molecule has 0 bridgehead atoms. The van der Waals surface area contributed by atoms with Crippen LogP contribution in [0.5, 0.6) is 0 Å². The van der Waals surface area contributed by atoms with Crippen LogP contribution < -0.4 is 5.73 Å². The van der Waals surface area contributed by atoms with E-state index in [-0.39, 0.29) is 0 Å². The summed E-state index contributed by atoms with van der Waals surface area (Å²) < 4.78 is 5.34. The summed E-state index contributed by atoms with van der Waals surface area (Å²) in [5.41, 5.74) is 8.12. The molecular weight excluding hydrogens is 176 g/mol. The first-order valence-electron chi connectivity index (χ1n) is 5.36. The Hall–Kier alpha value is -0.800. The van der Waals surface area contributed by atoms with Gasteiger partial charge in [-0.3, -0.25) is 0 Å². The third-order valence-corrected chi connectivity index (χ3v) is 2.84. The molecule has 3 nitrogen and oxygen atoms in total. The van der Waals surface area contributed by atoms with Gasteiger partial charge in [-0.25, -0.2) is 0 Å². The number of ether oxygens (including phenoxy) is 1. The molecule has 3 heteroatoms. The third-order valence-electron chi connectivity index (χ3n) is 2.84. The van der Waals surface area contributed by atoms with Gasteiger partial charge in [-0.05, 0) is 37.9 Å². The number of H-pyrrole nitrogens is 1. The molecule has 0 spiro atoms. The molecule has 0 amide bonds. The van der Waals surface area contributed by atoms with Crippen molar-refractivity contribution in [3.8, 4) is 0 Å². The molecule has 1 aliphatic rings. The second-order valence-corrected chi connectivity index (χ2v) is 3.86. The fourth-order valence-electron chi connectivity index (χ4n) is 2.01. The first kappa shape index (κ1) is 9.74. The van der Waals surface area contributed by atoms with Crippen LogP contribution in [0.4, 0.5) is 0 Å². The van der Waals surface area contributed by atoms with Gasteiger partial charge in [-0.15, -0.1) is 0 Å². The van der Waals surface area contributed by atoms with Gasteiger partial charge in [0.25, 0.3) is 0 Å². The molecule has 2 heterocycles. The molecule has 0 atom stereocenters. The quantitative estimate of drug-likeness (QED) is 0.764. The van der Waals surface area contributed by atoms with Gasteiger partial charge < -0.3 is 15.5 Å². The number of aromatic amines is 1. The van der Waals surface area contributed by atoms with Crippen LogP contribution in [0.2, 0.25) is 0 Å². The molecule has 1 aromatic rings. The van der Waals surface area contributed by atoms with E-state index in [1.807, 2.05) is 0 Å². The lowest BCUT2D eigenvalue weighted by atomic mass is 9.97. The van der Waals surface area contributed by atoms with Crippen molar-refractivity contribution in [3.63, 3.8) is 0 Å². The summed E-state index contributed by atoms with van der Waals surface area (Å²) in [6, 6.07) is 4.35. The monoisotopic (exact) mass is 194 g/mol. The van der Waals surface area contributed by atoms with E-state index in [0.29, 0.717) is 12.5 Å². The summed E-state index contributed by atoms with van der Waals surface area (Å²) in [6.45, 7) is 2.51. The topological polar surface area (TPSA) is 51.0 Å². The minimum atomic E-state index is 0.662. The van der Waals surface area contributed by atoms with Crippen LogP contribution in [0, 0.1) is 0 Å². The van der Waals surface area contributed by atoms with E-state index in [1.54, 1.807) is 0 Å². The van der Waals surface area contributed by atoms with E-state index in [1.165, 1.54) is 11.4 Å². The Bertz CT molecular complexity index is 277. The maximum Gasteiger partial charge on any atom is 0.0472 e. The normalized spacial score (nSPS) is 18.6. The second-order valence-electron chi connectivity index (χ2n) is 3.86. The van der Waals surface area contributed by atoms with Crippen molar-refractivity contribution in [1.82, 2.24) is 4.98 Å². The summed E-state index contributed by atoms with van der Waals surface area (Å²) in [4.78, 5) is 3.45. The van der Waals surface area contributed by atoms with Crippen molar-refractivity contribution in [2.24, 2.45) is 5.73 Å². The molecule has 1 aliphatic heterocycles.